The topological polar surface area (TPSA) is 20.2 Å². The van der Waals surface area contributed by atoms with Crippen molar-refractivity contribution in [3.8, 4) is 0 Å². The van der Waals surface area contributed by atoms with E-state index < -0.39 is 5.60 Å². The smallest absolute Gasteiger partial charge is 0.0886 e. The lowest BCUT2D eigenvalue weighted by Crippen LogP contribution is -2.38. The number of rotatable bonds is 3. The van der Waals surface area contributed by atoms with Crippen molar-refractivity contribution < 1.29 is 5.11 Å². The molecule has 0 radical (unpaired) electrons. The van der Waals surface area contributed by atoms with Gasteiger partial charge in [0.2, 0.25) is 0 Å². The van der Waals surface area contributed by atoms with Crippen molar-refractivity contribution in [1.29, 1.82) is 0 Å². The molecule has 0 aliphatic carbocycles. The van der Waals surface area contributed by atoms with Gasteiger partial charge in [0.15, 0.2) is 0 Å². The summed E-state index contributed by atoms with van der Waals surface area (Å²) in [5.74, 6) is 0. The van der Waals surface area contributed by atoms with E-state index in [0.29, 0.717) is 0 Å². The molecule has 0 fully saturated rings. The molecule has 0 saturated carbocycles. The lowest BCUT2D eigenvalue weighted by Gasteiger charge is -2.35. The zero-order valence-electron chi connectivity index (χ0n) is 8.81. The maximum atomic E-state index is 10.1. The normalized spacial score (nSPS) is 16.5. The van der Waals surface area contributed by atoms with Gasteiger partial charge in [-0.1, -0.05) is 31.6 Å². The Labute approximate surface area is 75.8 Å². The summed E-state index contributed by atoms with van der Waals surface area (Å²) in [5, 5.41) is 10.1. The first-order chi connectivity index (χ1) is 5.23. The second-order valence-electron chi connectivity index (χ2n) is 4.30. The SMILES string of the molecule is C=CC(C)(C)[C@@](C)(O)C=C(C)C. The van der Waals surface area contributed by atoms with Crippen molar-refractivity contribution >= 4 is 0 Å². The van der Waals surface area contributed by atoms with Crippen LogP contribution in [-0.4, -0.2) is 10.7 Å². The van der Waals surface area contributed by atoms with Crippen LogP contribution in [0.4, 0.5) is 0 Å². The summed E-state index contributed by atoms with van der Waals surface area (Å²) in [6.07, 6.45) is 3.65. The first-order valence-corrected chi connectivity index (χ1v) is 4.25. The summed E-state index contributed by atoms with van der Waals surface area (Å²) in [4.78, 5) is 0. The molecule has 0 bridgehead atoms. The highest BCUT2D eigenvalue weighted by molar-refractivity contribution is 5.14. The molecule has 0 spiro atoms. The van der Waals surface area contributed by atoms with Crippen LogP contribution in [0.3, 0.4) is 0 Å². The lowest BCUT2D eigenvalue weighted by atomic mass is 9.75. The minimum atomic E-state index is -0.812. The summed E-state index contributed by atoms with van der Waals surface area (Å²) in [6, 6.07) is 0. The van der Waals surface area contributed by atoms with Crippen LogP contribution in [0, 0.1) is 5.41 Å². The first kappa shape index (κ1) is 11.4. The van der Waals surface area contributed by atoms with E-state index >= 15 is 0 Å². The molecule has 0 amide bonds. The van der Waals surface area contributed by atoms with Crippen LogP contribution in [0.1, 0.15) is 34.6 Å². The van der Waals surface area contributed by atoms with Gasteiger partial charge in [0.05, 0.1) is 5.60 Å². The van der Waals surface area contributed by atoms with Crippen molar-refractivity contribution in [2.75, 3.05) is 0 Å². The molecule has 0 unspecified atom stereocenters. The monoisotopic (exact) mass is 168 g/mol. The van der Waals surface area contributed by atoms with E-state index in [1.165, 1.54) is 0 Å². The fraction of sp³-hybridized carbons (Fsp3) is 0.636. The minimum absolute atomic E-state index is 0.287. The number of allylic oxidation sites excluding steroid dienone is 1. The molecule has 0 aromatic rings. The van der Waals surface area contributed by atoms with Gasteiger partial charge >= 0.3 is 0 Å². The summed E-state index contributed by atoms with van der Waals surface area (Å²) in [7, 11) is 0. The molecule has 12 heavy (non-hydrogen) atoms. The number of aliphatic hydroxyl groups is 1. The molecule has 0 aliphatic heterocycles. The number of hydrogen-bond donors (Lipinski definition) is 1. The van der Waals surface area contributed by atoms with Gasteiger partial charge in [0.1, 0.15) is 0 Å². The van der Waals surface area contributed by atoms with E-state index in [4.69, 9.17) is 0 Å². The van der Waals surface area contributed by atoms with E-state index in [1.54, 1.807) is 6.08 Å². The third-order valence-corrected chi connectivity index (χ3v) is 2.38. The van der Waals surface area contributed by atoms with Gasteiger partial charge in [-0.3, -0.25) is 0 Å². The van der Waals surface area contributed by atoms with Gasteiger partial charge in [-0.2, -0.15) is 0 Å². The first-order valence-electron chi connectivity index (χ1n) is 4.25. The van der Waals surface area contributed by atoms with Crippen molar-refractivity contribution in [3.63, 3.8) is 0 Å². The van der Waals surface area contributed by atoms with E-state index in [-0.39, 0.29) is 5.41 Å². The fourth-order valence-electron chi connectivity index (χ4n) is 0.955. The van der Waals surface area contributed by atoms with Gasteiger partial charge in [0, 0.05) is 5.41 Å². The van der Waals surface area contributed by atoms with Gasteiger partial charge in [0.25, 0.3) is 0 Å². The van der Waals surface area contributed by atoms with E-state index in [0.717, 1.165) is 5.57 Å². The summed E-state index contributed by atoms with van der Waals surface area (Å²) < 4.78 is 0. The molecule has 0 aliphatic rings. The highest BCUT2D eigenvalue weighted by Gasteiger charge is 2.34. The van der Waals surface area contributed by atoms with E-state index in [2.05, 4.69) is 6.58 Å². The van der Waals surface area contributed by atoms with Gasteiger partial charge in [-0.05, 0) is 20.8 Å². The molecule has 1 atom stereocenters. The molecule has 0 rings (SSSR count). The maximum Gasteiger partial charge on any atom is 0.0886 e. The molecule has 70 valence electrons. The van der Waals surface area contributed by atoms with Crippen LogP contribution < -0.4 is 0 Å². The van der Waals surface area contributed by atoms with Crippen molar-refractivity contribution in [3.05, 3.63) is 24.3 Å². The Kier molecular flexibility index (Phi) is 3.28. The molecule has 1 N–H and O–H groups in total. The summed E-state index contributed by atoms with van der Waals surface area (Å²) >= 11 is 0. The zero-order valence-corrected chi connectivity index (χ0v) is 8.81. The van der Waals surface area contributed by atoms with Crippen LogP contribution in [0.2, 0.25) is 0 Å². The maximum absolute atomic E-state index is 10.1. The molecular formula is C11H20O. The Morgan fingerprint density at radius 1 is 1.25 bits per heavy atom. The highest BCUT2D eigenvalue weighted by atomic mass is 16.3. The third-order valence-electron chi connectivity index (χ3n) is 2.38. The van der Waals surface area contributed by atoms with Gasteiger partial charge in [-0.15, -0.1) is 6.58 Å². The van der Waals surface area contributed by atoms with Gasteiger partial charge < -0.3 is 5.11 Å². The van der Waals surface area contributed by atoms with Crippen molar-refractivity contribution in [2.24, 2.45) is 5.41 Å². The Balaban J connectivity index is 4.84. The zero-order chi connectivity index (χ0) is 9.99. The van der Waals surface area contributed by atoms with Gasteiger partial charge in [-0.25, -0.2) is 0 Å². The van der Waals surface area contributed by atoms with Crippen LogP contribution in [0.15, 0.2) is 24.3 Å². The van der Waals surface area contributed by atoms with E-state index in [1.807, 2.05) is 40.7 Å². The standard InChI is InChI=1S/C11H20O/c1-7-10(4,5)11(6,12)8-9(2)3/h7-8,12H,1H2,2-6H3/t11-/m0/s1. The molecule has 1 nitrogen and oxygen atoms in total. The molecule has 0 saturated heterocycles. The predicted molar refractivity (Wildman–Crippen MR) is 54.0 cm³/mol. The fourth-order valence-corrected chi connectivity index (χ4v) is 0.955. The number of hydrogen-bond acceptors (Lipinski definition) is 1. The quantitative estimate of drug-likeness (QED) is 0.642. The molecule has 1 heteroatoms. The molecule has 0 aromatic heterocycles. The Morgan fingerprint density at radius 3 is 1.92 bits per heavy atom. The average Bonchev–Trinajstić information content (AvgIpc) is 1.84. The molecular weight excluding hydrogens is 148 g/mol. The Hall–Kier alpha value is -0.560. The largest absolute Gasteiger partial charge is 0.385 e. The van der Waals surface area contributed by atoms with Crippen molar-refractivity contribution in [2.45, 2.75) is 40.2 Å². The predicted octanol–water partition coefficient (Wildman–Crippen LogP) is 2.92. The third kappa shape index (κ3) is 2.49. The van der Waals surface area contributed by atoms with Crippen LogP contribution in [-0.2, 0) is 0 Å². The minimum Gasteiger partial charge on any atom is -0.385 e. The van der Waals surface area contributed by atoms with Crippen LogP contribution >= 0.6 is 0 Å². The summed E-state index contributed by atoms with van der Waals surface area (Å²) in [5.41, 5.74) is 0.0209. The van der Waals surface area contributed by atoms with Crippen LogP contribution in [0.5, 0.6) is 0 Å². The van der Waals surface area contributed by atoms with E-state index in [9.17, 15) is 5.11 Å². The Bertz CT molecular complexity index is 193. The second kappa shape index (κ2) is 3.44. The van der Waals surface area contributed by atoms with Crippen LogP contribution in [0.25, 0.3) is 0 Å². The summed E-state index contributed by atoms with van der Waals surface area (Å²) in [6.45, 7) is 13.4. The molecule has 0 heterocycles. The Morgan fingerprint density at radius 2 is 1.67 bits per heavy atom. The average molecular weight is 168 g/mol. The lowest BCUT2D eigenvalue weighted by molar-refractivity contribution is 0.0205. The highest BCUT2D eigenvalue weighted by Crippen LogP contribution is 2.33. The van der Waals surface area contributed by atoms with Crippen molar-refractivity contribution in [1.82, 2.24) is 0 Å². The second-order valence-corrected chi connectivity index (χ2v) is 4.30. The molecule has 0 aromatic carbocycles.